The van der Waals surface area contributed by atoms with Crippen molar-refractivity contribution in [1.29, 1.82) is 0 Å². The first kappa shape index (κ1) is 20.8. The van der Waals surface area contributed by atoms with Gasteiger partial charge < -0.3 is 20.5 Å². The Kier molecular flexibility index (Phi) is 6.79. The van der Waals surface area contributed by atoms with E-state index in [1.54, 1.807) is 48.5 Å². The van der Waals surface area contributed by atoms with Crippen molar-refractivity contribution in [1.82, 2.24) is 0 Å². The van der Waals surface area contributed by atoms with E-state index in [1.165, 1.54) is 0 Å². The van der Waals surface area contributed by atoms with Crippen molar-refractivity contribution in [2.24, 2.45) is 10.7 Å². The number of benzene rings is 2. The Morgan fingerprint density at radius 3 is 2.62 bits per heavy atom. The smallest absolute Gasteiger partial charge is 0.286 e. The van der Waals surface area contributed by atoms with Crippen molar-refractivity contribution in [3.8, 4) is 11.5 Å². The molecule has 3 N–H and O–H groups in total. The number of hydrogen-bond donors (Lipinski definition) is 2. The van der Waals surface area contributed by atoms with E-state index in [1.807, 2.05) is 6.92 Å². The lowest BCUT2D eigenvalue weighted by atomic mass is 10.2. The topological polar surface area (TPSA) is 103 Å². The SMILES string of the molecule is CCOc1cc(/C=C2\SC(N)=NC2=O)ccc1OCC(=O)Nc1ccc(Cl)cc1. The van der Waals surface area contributed by atoms with Crippen LogP contribution in [0.4, 0.5) is 5.69 Å². The van der Waals surface area contributed by atoms with Crippen molar-refractivity contribution in [2.75, 3.05) is 18.5 Å². The van der Waals surface area contributed by atoms with Gasteiger partial charge in [-0.15, -0.1) is 0 Å². The molecule has 29 heavy (non-hydrogen) atoms. The highest BCUT2D eigenvalue weighted by molar-refractivity contribution is 8.18. The number of hydrogen-bond acceptors (Lipinski definition) is 6. The molecule has 0 saturated carbocycles. The maximum atomic E-state index is 12.1. The van der Waals surface area contributed by atoms with Crippen LogP contribution in [0.25, 0.3) is 6.08 Å². The number of nitrogens with one attached hydrogen (secondary N) is 1. The normalized spacial score (nSPS) is 14.6. The maximum absolute atomic E-state index is 12.1. The summed E-state index contributed by atoms with van der Waals surface area (Å²) >= 11 is 6.94. The first-order valence-electron chi connectivity index (χ1n) is 8.67. The largest absolute Gasteiger partial charge is 0.490 e. The number of amidine groups is 1. The average Bonchev–Trinajstić information content (AvgIpc) is 3.00. The number of anilines is 1. The van der Waals surface area contributed by atoms with Crippen LogP contribution in [-0.2, 0) is 9.59 Å². The minimum absolute atomic E-state index is 0.193. The van der Waals surface area contributed by atoms with Gasteiger partial charge in [-0.25, -0.2) is 0 Å². The van der Waals surface area contributed by atoms with E-state index in [9.17, 15) is 9.59 Å². The zero-order valence-electron chi connectivity index (χ0n) is 15.5. The fourth-order valence-corrected chi connectivity index (χ4v) is 3.26. The third-order valence-corrected chi connectivity index (χ3v) is 4.75. The highest BCUT2D eigenvalue weighted by Gasteiger charge is 2.19. The number of amides is 2. The third-order valence-electron chi connectivity index (χ3n) is 3.69. The molecule has 0 atom stereocenters. The van der Waals surface area contributed by atoms with E-state index in [4.69, 9.17) is 26.8 Å². The summed E-state index contributed by atoms with van der Waals surface area (Å²) in [5.74, 6) is 0.193. The Labute approximate surface area is 176 Å². The number of ether oxygens (including phenoxy) is 2. The Morgan fingerprint density at radius 2 is 1.97 bits per heavy atom. The van der Waals surface area contributed by atoms with Crippen molar-refractivity contribution in [3.05, 3.63) is 58.0 Å². The van der Waals surface area contributed by atoms with Crippen LogP contribution in [0.2, 0.25) is 5.02 Å². The van der Waals surface area contributed by atoms with Gasteiger partial charge in [0.2, 0.25) is 0 Å². The summed E-state index contributed by atoms with van der Waals surface area (Å²) in [4.78, 5) is 28.0. The summed E-state index contributed by atoms with van der Waals surface area (Å²) < 4.78 is 11.2. The van der Waals surface area contributed by atoms with Crippen LogP contribution in [0.15, 0.2) is 52.4 Å². The van der Waals surface area contributed by atoms with E-state index < -0.39 is 0 Å². The standard InChI is InChI=1S/C20H18ClN3O4S/c1-2-27-16-9-12(10-17-19(26)24-20(22)29-17)3-8-15(16)28-11-18(25)23-14-6-4-13(21)5-7-14/h3-10H,2,11H2,1H3,(H,23,25)(H2,22,24,26)/b17-10-. The number of carbonyl (C=O) groups excluding carboxylic acids is 2. The molecule has 2 aromatic rings. The van der Waals surface area contributed by atoms with Gasteiger partial charge >= 0.3 is 0 Å². The first-order valence-corrected chi connectivity index (χ1v) is 9.87. The van der Waals surface area contributed by atoms with Gasteiger partial charge in [0.25, 0.3) is 11.8 Å². The van der Waals surface area contributed by atoms with Crippen LogP contribution in [-0.4, -0.2) is 30.2 Å². The van der Waals surface area contributed by atoms with E-state index in [0.29, 0.717) is 33.7 Å². The first-order chi connectivity index (χ1) is 13.9. The van der Waals surface area contributed by atoms with Crippen LogP contribution in [0, 0.1) is 0 Å². The average molecular weight is 432 g/mol. The van der Waals surface area contributed by atoms with E-state index >= 15 is 0 Å². The minimum atomic E-state index is -0.371. The molecule has 0 radical (unpaired) electrons. The van der Waals surface area contributed by atoms with Crippen molar-refractivity contribution in [3.63, 3.8) is 0 Å². The predicted molar refractivity (Wildman–Crippen MR) is 115 cm³/mol. The Hall–Kier alpha value is -2.97. The molecule has 0 aromatic heterocycles. The van der Waals surface area contributed by atoms with Gasteiger partial charge in [-0.2, -0.15) is 4.99 Å². The van der Waals surface area contributed by atoms with E-state index in [0.717, 1.165) is 17.3 Å². The van der Waals surface area contributed by atoms with Gasteiger partial charge in [0.1, 0.15) is 0 Å². The molecule has 3 rings (SSSR count). The maximum Gasteiger partial charge on any atom is 0.286 e. The summed E-state index contributed by atoms with van der Waals surface area (Å²) in [6.07, 6.45) is 1.68. The van der Waals surface area contributed by atoms with Crippen molar-refractivity contribution < 1.29 is 19.1 Å². The summed E-state index contributed by atoms with van der Waals surface area (Å²) in [5.41, 5.74) is 6.91. The Bertz CT molecular complexity index is 990. The van der Waals surface area contributed by atoms with E-state index in [2.05, 4.69) is 10.3 Å². The third kappa shape index (κ3) is 5.75. The molecule has 0 fully saturated rings. The Morgan fingerprint density at radius 1 is 1.21 bits per heavy atom. The number of halogens is 1. The predicted octanol–water partition coefficient (Wildman–Crippen LogP) is 3.69. The molecule has 0 saturated heterocycles. The minimum Gasteiger partial charge on any atom is -0.490 e. The highest BCUT2D eigenvalue weighted by atomic mass is 35.5. The van der Waals surface area contributed by atoms with Gasteiger partial charge in [0, 0.05) is 10.7 Å². The molecular weight excluding hydrogens is 414 g/mol. The number of aliphatic imine (C=N–C) groups is 1. The monoisotopic (exact) mass is 431 g/mol. The van der Waals surface area contributed by atoms with E-state index in [-0.39, 0.29) is 23.6 Å². The van der Waals surface area contributed by atoms with Crippen LogP contribution in [0.1, 0.15) is 12.5 Å². The molecule has 1 aliphatic rings. The van der Waals surface area contributed by atoms with Crippen molar-refractivity contribution >= 4 is 52.1 Å². The molecule has 1 heterocycles. The van der Waals surface area contributed by atoms with Crippen LogP contribution in [0.3, 0.4) is 0 Å². The van der Waals surface area contributed by atoms with Crippen LogP contribution < -0.4 is 20.5 Å². The molecule has 0 spiro atoms. The van der Waals surface area contributed by atoms with Crippen LogP contribution >= 0.6 is 23.4 Å². The van der Waals surface area contributed by atoms with Gasteiger partial charge in [-0.3, -0.25) is 9.59 Å². The molecule has 7 nitrogen and oxygen atoms in total. The Balaban J connectivity index is 1.67. The molecular formula is C20H18ClN3O4S. The molecule has 0 unspecified atom stereocenters. The number of nitrogens with two attached hydrogens (primary N) is 1. The number of thioether (sulfide) groups is 1. The van der Waals surface area contributed by atoms with Gasteiger partial charge in [-0.05, 0) is 66.7 Å². The number of carbonyl (C=O) groups is 2. The molecule has 0 aliphatic carbocycles. The lowest BCUT2D eigenvalue weighted by Gasteiger charge is -2.13. The molecule has 2 aromatic carbocycles. The summed E-state index contributed by atoms with van der Waals surface area (Å²) in [5, 5.41) is 3.53. The fraction of sp³-hybridized carbons (Fsp3) is 0.150. The molecule has 9 heteroatoms. The molecule has 0 bridgehead atoms. The van der Waals surface area contributed by atoms with Gasteiger partial charge in [0.05, 0.1) is 11.5 Å². The summed E-state index contributed by atoms with van der Waals surface area (Å²) in [7, 11) is 0. The second kappa shape index (κ2) is 9.49. The number of rotatable bonds is 7. The molecule has 1 aliphatic heterocycles. The van der Waals surface area contributed by atoms with Gasteiger partial charge in [0.15, 0.2) is 23.3 Å². The number of nitrogens with zero attached hydrogens (tertiary/aromatic N) is 1. The highest BCUT2D eigenvalue weighted by Crippen LogP contribution is 2.32. The quantitative estimate of drug-likeness (QED) is 0.648. The lowest BCUT2D eigenvalue weighted by molar-refractivity contribution is -0.118. The van der Waals surface area contributed by atoms with Crippen molar-refractivity contribution in [2.45, 2.75) is 6.92 Å². The fourth-order valence-electron chi connectivity index (χ4n) is 2.45. The second-order valence-corrected chi connectivity index (χ2v) is 7.35. The molecule has 2 amide bonds. The zero-order chi connectivity index (χ0) is 20.8. The summed E-state index contributed by atoms with van der Waals surface area (Å²) in [6.45, 7) is 2.06. The molecule has 150 valence electrons. The van der Waals surface area contributed by atoms with Gasteiger partial charge in [-0.1, -0.05) is 17.7 Å². The van der Waals surface area contributed by atoms with Crippen LogP contribution in [0.5, 0.6) is 11.5 Å². The lowest BCUT2D eigenvalue weighted by Crippen LogP contribution is -2.20. The second-order valence-electron chi connectivity index (χ2n) is 5.85. The summed E-state index contributed by atoms with van der Waals surface area (Å²) in [6, 6.07) is 11.9. The zero-order valence-corrected chi connectivity index (χ0v) is 17.0.